The zero-order valence-electron chi connectivity index (χ0n) is 13.1. The standard InChI is InChI=1S/C17H19N5S/c1-2-19-16-15-13-5-8-22(9-12-3-6-18-7-4-12)10-14(13)23-17(15)21-11-20-16/h3-4,6-7,11H,2,5,8-10H2,1H3,(H,19,20,21). The summed E-state index contributed by atoms with van der Waals surface area (Å²) < 4.78 is 0. The third-order valence-corrected chi connectivity index (χ3v) is 5.34. The summed E-state index contributed by atoms with van der Waals surface area (Å²) in [5, 5.41) is 4.61. The van der Waals surface area contributed by atoms with Crippen molar-refractivity contribution in [2.75, 3.05) is 18.4 Å². The van der Waals surface area contributed by atoms with Crippen LogP contribution in [0.25, 0.3) is 10.2 Å². The van der Waals surface area contributed by atoms with Crippen LogP contribution in [0.3, 0.4) is 0 Å². The molecular weight excluding hydrogens is 306 g/mol. The van der Waals surface area contributed by atoms with E-state index in [4.69, 9.17) is 0 Å². The Morgan fingerprint density at radius 1 is 1.26 bits per heavy atom. The van der Waals surface area contributed by atoms with Crippen LogP contribution in [-0.4, -0.2) is 32.9 Å². The van der Waals surface area contributed by atoms with Crippen LogP contribution in [0.2, 0.25) is 0 Å². The Balaban J connectivity index is 1.63. The third kappa shape index (κ3) is 2.80. The predicted molar refractivity (Wildman–Crippen MR) is 93.6 cm³/mol. The molecule has 1 aliphatic rings. The second-order valence-corrected chi connectivity index (χ2v) is 6.84. The van der Waals surface area contributed by atoms with E-state index in [2.05, 4.69) is 44.2 Å². The summed E-state index contributed by atoms with van der Waals surface area (Å²) in [6, 6.07) is 4.18. The number of thiophene rings is 1. The average Bonchev–Trinajstić information content (AvgIpc) is 2.94. The van der Waals surface area contributed by atoms with Gasteiger partial charge in [-0.25, -0.2) is 9.97 Å². The molecule has 0 fully saturated rings. The van der Waals surface area contributed by atoms with Gasteiger partial charge in [0, 0.05) is 43.4 Å². The first-order valence-corrected chi connectivity index (χ1v) is 8.77. The number of rotatable bonds is 4. The van der Waals surface area contributed by atoms with E-state index in [9.17, 15) is 0 Å². The number of hydrogen-bond donors (Lipinski definition) is 1. The summed E-state index contributed by atoms with van der Waals surface area (Å²) in [6.45, 7) is 6.02. The quantitative estimate of drug-likeness (QED) is 0.799. The molecule has 0 saturated carbocycles. The van der Waals surface area contributed by atoms with Crippen molar-refractivity contribution in [3.8, 4) is 0 Å². The van der Waals surface area contributed by atoms with E-state index in [1.54, 1.807) is 6.33 Å². The fraction of sp³-hybridized carbons (Fsp3) is 0.353. The van der Waals surface area contributed by atoms with E-state index < -0.39 is 0 Å². The molecule has 23 heavy (non-hydrogen) atoms. The van der Waals surface area contributed by atoms with Gasteiger partial charge in [0.1, 0.15) is 17.0 Å². The molecule has 0 bridgehead atoms. The summed E-state index contributed by atoms with van der Waals surface area (Å²) in [6.07, 6.45) is 6.45. The highest BCUT2D eigenvalue weighted by Crippen LogP contribution is 2.37. The van der Waals surface area contributed by atoms with E-state index in [0.29, 0.717) is 0 Å². The largest absolute Gasteiger partial charge is 0.370 e. The van der Waals surface area contributed by atoms with Crippen molar-refractivity contribution in [3.63, 3.8) is 0 Å². The lowest BCUT2D eigenvalue weighted by Gasteiger charge is -2.26. The van der Waals surface area contributed by atoms with Gasteiger partial charge in [-0.2, -0.15) is 0 Å². The SMILES string of the molecule is CCNc1ncnc2sc3c(c12)CCN(Cc1ccncc1)C3. The van der Waals surface area contributed by atoms with Crippen molar-refractivity contribution in [3.05, 3.63) is 46.9 Å². The van der Waals surface area contributed by atoms with E-state index in [1.807, 2.05) is 23.7 Å². The molecule has 0 atom stereocenters. The van der Waals surface area contributed by atoms with Gasteiger partial charge in [-0.05, 0) is 36.6 Å². The minimum atomic E-state index is 0.880. The molecule has 1 aliphatic heterocycles. The van der Waals surface area contributed by atoms with Crippen molar-refractivity contribution in [2.45, 2.75) is 26.4 Å². The number of anilines is 1. The Kier molecular flexibility index (Phi) is 3.93. The van der Waals surface area contributed by atoms with Crippen LogP contribution in [0.1, 0.15) is 22.9 Å². The van der Waals surface area contributed by atoms with Crippen LogP contribution in [-0.2, 0) is 19.5 Å². The third-order valence-electron chi connectivity index (χ3n) is 4.22. The second kappa shape index (κ2) is 6.22. The summed E-state index contributed by atoms with van der Waals surface area (Å²) in [5.41, 5.74) is 2.75. The Labute approximate surface area is 139 Å². The maximum absolute atomic E-state index is 4.48. The molecule has 1 N–H and O–H groups in total. The first-order valence-electron chi connectivity index (χ1n) is 7.95. The molecule has 0 radical (unpaired) electrons. The predicted octanol–water partition coefficient (Wildman–Crippen LogP) is 3.08. The van der Waals surface area contributed by atoms with Crippen molar-refractivity contribution in [2.24, 2.45) is 0 Å². The fourth-order valence-electron chi connectivity index (χ4n) is 3.16. The Morgan fingerprint density at radius 3 is 2.96 bits per heavy atom. The van der Waals surface area contributed by atoms with Gasteiger partial charge in [-0.15, -0.1) is 11.3 Å². The number of pyridine rings is 1. The molecule has 4 heterocycles. The Hall–Kier alpha value is -2.05. The lowest BCUT2D eigenvalue weighted by molar-refractivity contribution is 0.249. The maximum atomic E-state index is 4.48. The van der Waals surface area contributed by atoms with Gasteiger partial charge in [0.15, 0.2) is 0 Å². The molecule has 0 amide bonds. The summed E-state index contributed by atoms with van der Waals surface area (Å²) in [4.78, 5) is 18.0. The van der Waals surface area contributed by atoms with Crippen molar-refractivity contribution >= 4 is 27.4 Å². The van der Waals surface area contributed by atoms with E-state index in [1.165, 1.54) is 21.4 Å². The smallest absolute Gasteiger partial charge is 0.138 e. The molecule has 0 saturated heterocycles. The van der Waals surface area contributed by atoms with E-state index in [-0.39, 0.29) is 0 Å². The van der Waals surface area contributed by atoms with Crippen LogP contribution in [0, 0.1) is 0 Å². The summed E-state index contributed by atoms with van der Waals surface area (Å²) in [5.74, 6) is 0.984. The first-order chi connectivity index (χ1) is 11.3. The van der Waals surface area contributed by atoms with Crippen LogP contribution < -0.4 is 5.32 Å². The lowest BCUT2D eigenvalue weighted by atomic mass is 10.0. The highest BCUT2D eigenvalue weighted by molar-refractivity contribution is 7.18. The number of fused-ring (bicyclic) bond motifs is 3. The average molecular weight is 325 g/mol. The zero-order chi connectivity index (χ0) is 15.6. The van der Waals surface area contributed by atoms with Crippen LogP contribution in [0.15, 0.2) is 30.9 Å². The van der Waals surface area contributed by atoms with Crippen LogP contribution in [0.5, 0.6) is 0 Å². The minimum Gasteiger partial charge on any atom is -0.370 e. The Bertz CT molecular complexity index is 814. The second-order valence-electron chi connectivity index (χ2n) is 5.75. The Morgan fingerprint density at radius 2 is 2.13 bits per heavy atom. The molecule has 0 aromatic carbocycles. The molecule has 0 spiro atoms. The van der Waals surface area contributed by atoms with Crippen LogP contribution >= 0.6 is 11.3 Å². The minimum absolute atomic E-state index is 0.880. The molecule has 6 heteroatoms. The number of hydrogen-bond acceptors (Lipinski definition) is 6. The molecule has 3 aromatic rings. The molecule has 4 rings (SSSR count). The highest BCUT2D eigenvalue weighted by Gasteiger charge is 2.23. The van der Waals surface area contributed by atoms with Gasteiger partial charge in [-0.3, -0.25) is 9.88 Å². The molecule has 5 nitrogen and oxygen atoms in total. The van der Waals surface area contributed by atoms with Crippen LogP contribution in [0.4, 0.5) is 5.82 Å². The molecule has 0 aliphatic carbocycles. The molecular formula is C17H19N5S. The summed E-state index contributed by atoms with van der Waals surface area (Å²) in [7, 11) is 0. The fourth-order valence-corrected chi connectivity index (χ4v) is 4.39. The maximum Gasteiger partial charge on any atom is 0.138 e. The van der Waals surface area contributed by atoms with Gasteiger partial charge >= 0.3 is 0 Å². The van der Waals surface area contributed by atoms with Crippen molar-refractivity contribution < 1.29 is 0 Å². The van der Waals surface area contributed by atoms with Gasteiger partial charge in [0.25, 0.3) is 0 Å². The van der Waals surface area contributed by atoms with E-state index in [0.717, 1.165) is 43.2 Å². The van der Waals surface area contributed by atoms with Gasteiger partial charge in [0.05, 0.1) is 5.39 Å². The topological polar surface area (TPSA) is 53.9 Å². The zero-order valence-corrected chi connectivity index (χ0v) is 13.9. The number of nitrogens with zero attached hydrogens (tertiary/aromatic N) is 4. The molecule has 3 aromatic heterocycles. The van der Waals surface area contributed by atoms with Gasteiger partial charge < -0.3 is 5.32 Å². The van der Waals surface area contributed by atoms with Crippen molar-refractivity contribution in [1.82, 2.24) is 19.9 Å². The van der Waals surface area contributed by atoms with Crippen molar-refractivity contribution in [1.29, 1.82) is 0 Å². The molecule has 118 valence electrons. The van der Waals surface area contributed by atoms with Gasteiger partial charge in [-0.1, -0.05) is 0 Å². The summed E-state index contributed by atoms with van der Waals surface area (Å²) >= 11 is 1.81. The lowest BCUT2D eigenvalue weighted by Crippen LogP contribution is -2.29. The number of aromatic nitrogens is 3. The van der Waals surface area contributed by atoms with E-state index >= 15 is 0 Å². The van der Waals surface area contributed by atoms with Gasteiger partial charge in [0.2, 0.25) is 0 Å². The number of nitrogens with one attached hydrogen (secondary N) is 1. The molecule has 0 unspecified atom stereocenters. The monoisotopic (exact) mass is 325 g/mol. The first kappa shape index (κ1) is 14.5. The highest BCUT2D eigenvalue weighted by atomic mass is 32.1. The normalized spacial score (nSPS) is 14.8.